The number of nitrogens with one attached hydrogen (secondary N) is 1. The maximum atomic E-state index is 13.1. The number of nitrogens with zero attached hydrogens (tertiary/aromatic N) is 3. The number of fused-ring (bicyclic) bond motifs is 1. The molecule has 0 spiro atoms. The summed E-state index contributed by atoms with van der Waals surface area (Å²) >= 11 is 0. The van der Waals surface area contributed by atoms with Crippen LogP contribution in [0.25, 0.3) is 0 Å². The van der Waals surface area contributed by atoms with Gasteiger partial charge < -0.3 is 5.32 Å². The van der Waals surface area contributed by atoms with Crippen LogP contribution in [0.1, 0.15) is 33.8 Å². The zero-order chi connectivity index (χ0) is 22.0. The number of carbonyl (C=O) groups is 1. The van der Waals surface area contributed by atoms with Gasteiger partial charge in [0, 0.05) is 30.9 Å². The molecule has 1 N–H and O–H groups in total. The maximum Gasteiger partial charge on any atom is 0.257 e. The highest BCUT2D eigenvalue weighted by molar-refractivity contribution is 5.92. The van der Waals surface area contributed by atoms with Crippen LogP contribution in [0.15, 0.2) is 53.3 Å². The highest BCUT2D eigenvalue weighted by Crippen LogP contribution is 2.20. The lowest BCUT2D eigenvalue weighted by molar-refractivity contribution is -0.116. The lowest BCUT2D eigenvalue weighted by Gasteiger charge is -2.28. The summed E-state index contributed by atoms with van der Waals surface area (Å²) in [5.74, 6) is 0.354. The van der Waals surface area contributed by atoms with Crippen LogP contribution in [0, 0.1) is 20.8 Å². The minimum atomic E-state index is -0.217. The minimum Gasteiger partial charge on any atom is -0.324 e. The molecular formula is C25H28N4O2. The molecule has 4 rings (SSSR count). The highest BCUT2D eigenvalue weighted by Gasteiger charge is 2.23. The smallest absolute Gasteiger partial charge is 0.257 e. The lowest BCUT2D eigenvalue weighted by Crippen LogP contribution is -2.39. The molecule has 2 heterocycles. The van der Waals surface area contributed by atoms with E-state index in [9.17, 15) is 9.59 Å². The third-order valence-corrected chi connectivity index (χ3v) is 5.89. The summed E-state index contributed by atoms with van der Waals surface area (Å²) in [5.41, 5.74) is 5.52. The molecule has 0 saturated carbocycles. The molecule has 2 aromatic carbocycles. The van der Waals surface area contributed by atoms with Gasteiger partial charge >= 0.3 is 0 Å². The highest BCUT2D eigenvalue weighted by atomic mass is 16.2. The van der Waals surface area contributed by atoms with E-state index in [2.05, 4.69) is 22.3 Å². The third-order valence-electron chi connectivity index (χ3n) is 5.89. The topological polar surface area (TPSA) is 67.2 Å². The number of hydrogen-bond donors (Lipinski definition) is 1. The second-order valence-electron chi connectivity index (χ2n) is 8.24. The number of anilines is 1. The van der Waals surface area contributed by atoms with E-state index in [1.165, 1.54) is 10.1 Å². The van der Waals surface area contributed by atoms with E-state index >= 15 is 0 Å². The predicted molar refractivity (Wildman–Crippen MR) is 122 cm³/mol. The number of hydrogen-bond acceptors (Lipinski definition) is 4. The van der Waals surface area contributed by atoms with Gasteiger partial charge in [-0.15, -0.1) is 0 Å². The number of carbonyl (C=O) groups excluding carboxylic acids is 1. The Morgan fingerprint density at radius 1 is 1.03 bits per heavy atom. The number of amides is 1. The van der Waals surface area contributed by atoms with Crippen molar-refractivity contribution in [2.24, 2.45) is 0 Å². The van der Waals surface area contributed by atoms with Crippen molar-refractivity contribution in [3.8, 4) is 0 Å². The van der Waals surface area contributed by atoms with Crippen molar-refractivity contribution < 1.29 is 4.79 Å². The molecule has 0 bridgehead atoms. The summed E-state index contributed by atoms with van der Waals surface area (Å²) in [4.78, 5) is 32.9. The predicted octanol–water partition coefficient (Wildman–Crippen LogP) is 3.37. The van der Waals surface area contributed by atoms with Gasteiger partial charge in [-0.05, 0) is 43.9 Å². The van der Waals surface area contributed by atoms with Crippen molar-refractivity contribution in [3.63, 3.8) is 0 Å². The van der Waals surface area contributed by atoms with Crippen LogP contribution in [0.2, 0.25) is 0 Å². The molecule has 0 saturated heterocycles. The molecule has 160 valence electrons. The van der Waals surface area contributed by atoms with Gasteiger partial charge in [0.2, 0.25) is 5.91 Å². The average molecular weight is 417 g/mol. The quantitative estimate of drug-likeness (QED) is 0.693. The van der Waals surface area contributed by atoms with Gasteiger partial charge in [-0.2, -0.15) is 0 Å². The Morgan fingerprint density at radius 2 is 1.74 bits per heavy atom. The Labute approximate surface area is 182 Å². The summed E-state index contributed by atoms with van der Waals surface area (Å²) in [7, 11) is 0. The number of benzene rings is 2. The molecule has 6 heteroatoms. The van der Waals surface area contributed by atoms with Crippen molar-refractivity contribution >= 4 is 11.6 Å². The molecular weight excluding hydrogens is 388 g/mol. The first-order chi connectivity index (χ1) is 14.9. The molecule has 6 nitrogen and oxygen atoms in total. The number of para-hydroxylation sites is 1. The van der Waals surface area contributed by atoms with Crippen LogP contribution in [0.3, 0.4) is 0 Å². The largest absolute Gasteiger partial charge is 0.324 e. The first kappa shape index (κ1) is 21.0. The van der Waals surface area contributed by atoms with E-state index in [4.69, 9.17) is 4.98 Å². The van der Waals surface area contributed by atoms with Crippen LogP contribution < -0.4 is 10.9 Å². The monoisotopic (exact) mass is 416 g/mol. The Morgan fingerprint density at radius 3 is 2.45 bits per heavy atom. The molecule has 0 aliphatic carbocycles. The fourth-order valence-corrected chi connectivity index (χ4v) is 4.20. The summed E-state index contributed by atoms with van der Waals surface area (Å²) in [6.45, 7) is 7.97. The van der Waals surface area contributed by atoms with Gasteiger partial charge in [0.1, 0.15) is 12.4 Å². The van der Waals surface area contributed by atoms with E-state index in [-0.39, 0.29) is 18.0 Å². The molecule has 3 aromatic rings. The molecule has 31 heavy (non-hydrogen) atoms. The number of aromatic nitrogens is 2. The fourth-order valence-electron chi connectivity index (χ4n) is 4.20. The number of rotatable bonds is 5. The summed E-state index contributed by atoms with van der Waals surface area (Å²) < 4.78 is 1.49. The minimum absolute atomic E-state index is 0.0353. The van der Waals surface area contributed by atoms with Gasteiger partial charge in [0.15, 0.2) is 0 Å². The van der Waals surface area contributed by atoms with Gasteiger partial charge in [-0.1, -0.05) is 48.5 Å². The van der Waals surface area contributed by atoms with Crippen molar-refractivity contribution in [1.82, 2.24) is 14.5 Å². The van der Waals surface area contributed by atoms with E-state index in [0.29, 0.717) is 18.8 Å². The Bertz CT molecular complexity index is 1150. The van der Waals surface area contributed by atoms with Crippen LogP contribution in [0.5, 0.6) is 0 Å². The van der Waals surface area contributed by atoms with Crippen molar-refractivity contribution in [1.29, 1.82) is 0 Å². The fraction of sp³-hybridized carbons (Fsp3) is 0.320. The molecule has 0 fully saturated rings. The van der Waals surface area contributed by atoms with Gasteiger partial charge in [0.05, 0.1) is 5.69 Å². The average Bonchev–Trinajstić information content (AvgIpc) is 2.74. The van der Waals surface area contributed by atoms with Crippen molar-refractivity contribution in [2.75, 3.05) is 11.9 Å². The van der Waals surface area contributed by atoms with Gasteiger partial charge in [0.25, 0.3) is 5.56 Å². The first-order valence-electron chi connectivity index (χ1n) is 10.6. The molecule has 1 aromatic heterocycles. The van der Waals surface area contributed by atoms with E-state index in [1.54, 1.807) is 6.92 Å². The summed E-state index contributed by atoms with van der Waals surface area (Å²) in [6, 6.07) is 16.2. The molecule has 0 unspecified atom stereocenters. The molecule has 0 radical (unpaired) electrons. The van der Waals surface area contributed by atoms with Crippen LogP contribution >= 0.6 is 0 Å². The summed E-state index contributed by atoms with van der Waals surface area (Å²) in [5, 5.41) is 2.96. The molecule has 1 aliphatic rings. The van der Waals surface area contributed by atoms with Crippen LogP contribution in [0.4, 0.5) is 5.69 Å². The van der Waals surface area contributed by atoms with Gasteiger partial charge in [-0.3, -0.25) is 19.1 Å². The van der Waals surface area contributed by atoms with Crippen LogP contribution in [-0.4, -0.2) is 26.9 Å². The summed E-state index contributed by atoms with van der Waals surface area (Å²) in [6.07, 6.45) is 0.646. The normalized spacial score (nSPS) is 13.6. The first-order valence-corrected chi connectivity index (χ1v) is 10.6. The number of aryl methyl sites for hydroxylation is 3. The van der Waals surface area contributed by atoms with E-state index in [1.807, 2.05) is 50.2 Å². The van der Waals surface area contributed by atoms with Gasteiger partial charge in [-0.25, -0.2) is 4.98 Å². The van der Waals surface area contributed by atoms with E-state index < -0.39 is 0 Å². The second-order valence-corrected chi connectivity index (χ2v) is 8.24. The SMILES string of the molecule is Cc1cccc(C)c1NC(=O)Cn1c(C)nc2c(c1=O)CCN(Cc1ccccc1)C2. The van der Waals surface area contributed by atoms with Crippen molar-refractivity contribution in [2.45, 2.75) is 46.8 Å². The third kappa shape index (κ3) is 4.59. The lowest BCUT2D eigenvalue weighted by atomic mass is 10.1. The Balaban J connectivity index is 1.51. The standard InChI is InChI=1S/C25H28N4O2/c1-17-8-7-9-18(2)24(17)27-23(30)16-29-19(3)26-22-15-28(13-12-21(22)25(29)31)14-20-10-5-4-6-11-20/h4-11H,12-16H2,1-3H3,(H,27,30). The molecule has 1 aliphatic heterocycles. The van der Waals surface area contributed by atoms with Crippen molar-refractivity contribution in [3.05, 3.63) is 92.7 Å². The Kier molecular flexibility index (Phi) is 6.00. The maximum absolute atomic E-state index is 13.1. The Hall–Kier alpha value is -3.25. The van der Waals surface area contributed by atoms with E-state index in [0.717, 1.165) is 41.2 Å². The molecule has 1 amide bonds. The van der Waals surface area contributed by atoms with Crippen LogP contribution in [-0.2, 0) is 30.8 Å². The molecule has 0 atom stereocenters. The zero-order valence-electron chi connectivity index (χ0n) is 18.3. The zero-order valence-corrected chi connectivity index (χ0v) is 18.3. The second kappa shape index (κ2) is 8.86.